The van der Waals surface area contributed by atoms with Gasteiger partial charge in [0.25, 0.3) is 0 Å². The van der Waals surface area contributed by atoms with Crippen molar-refractivity contribution in [2.24, 2.45) is 5.92 Å². The highest BCUT2D eigenvalue weighted by molar-refractivity contribution is 5.99. The molecule has 7 nitrogen and oxygen atoms in total. The van der Waals surface area contributed by atoms with E-state index in [4.69, 9.17) is 9.47 Å². The van der Waals surface area contributed by atoms with E-state index in [0.717, 1.165) is 57.1 Å². The van der Waals surface area contributed by atoms with Crippen molar-refractivity contribution in [3.8, 4) is 22.8 Å². The number of rotatable bonds is 10. The molecule has 5 aromatic rings. The van der Waals surface area contributed by atoms with E-state index in [1.165, 1.54) is 0 Å². The fourth-order valence-electron chi connectivity index (χ4n) is 4.31. The van der Waals surface area contributed by atoms with Crippen LogP contribution in [0.3, 0.4) is 0 Å². The molecule has 3 aromatic heterocycles. The molecule has 37 heavy (non-hydrogen) atoms. The number of fused-ring (bicyclic) bond motifs is 2. The molecule has 0 fully saturated rings. The minimum Gasteiger partial charge on any atom is -0.494 e. The highest BCUT2D eigenvalue weighted by atomic mass is 16.5. The third-order valence-corrected chi connectivity index (χ3v) is 6.70. The molecule has 0 spiro atoms. The van der Waals surface area contributed by atoms with Crippen LogP contribution in [0.25, 0.3) is 33.1 Å². The number of anilines is 1. The molecule has 7 heteroatoms. The van der Waals surface area contributed by atoms with Gasteiger partial charge in [0.2, 0.25) is 11.8 Å². The Labute approximate surface area is 217 Å². The Morgan fingerprint density at radius 3 is 2.78 bits per heavy atom. The maximum absolute atomic E-state index is 6.31. The van der Waals surface area contributed by atoms with E-state index < -0.39 is 0 Å². The largest absolute Gasteiger partial charge is 0.494 e. The van der Waals surface area contributed by atoms with Crippen LogP contribution in [0.1, 0.15) is 37.8 Å². The second kappa shape index (κ2) is 10.9. The number of nitrogens with one attached hydrogen (secondary N) is 2. The van der Waals surface area contributed by atoms with E-state index in [1.807, 2.05) is 42.7 Å². The van der Waals surface area contributed by atoms with Gasteiger partial charge in [-0.25, -0.2) is 0 Å². The molecule has 190 valence electrons. The van der Waals surface area contributed by atoms with Gasteiger partial charge in [0.05, 0.1) is 17.5 Å². The second-order valence-corrected chi connectivity index (χ2v) is 9.54. The van der Waals surface area contributed by atoms with E-state index in [-0.39, 0.29) is 0 Å². The molecular formula is C30H33N5O2. The molecule has 1 atom stereocenters. The van der Waals surface area contributed by atoms with E-state index in [0.29, 0.717) is 36.6 Å². The summed E-state index contributed by atoms with van der Waals surface area (Å²) in [4.78, 5) is 17.1. The molecule has 3 heterocycles. The monoisotopic (exact) mass is 495 g/mol. The number of H-pyrrole nitrogens is 1. The molecule has 0 aliphatic carbocycles. The number of hydrogen-bond donors (Lipinski definition) is 2. The van der Waals surface area contributed by atoms with E-state index in [9.17, 15) is 0 Å². The number of aryl methyl sites for hydroxylation is 1. The van der Waals surface area contributed by atoms with Crippen LogP contribution in [0.4, 0.5) is 5.95 Å². The average Bonchev–Trinajstić information content (AvgIpc) is 3.35. The maximum atomic E-state index is 6.31. The number of aromatic nitrogens is 4. The molecule has 1 unspecified atom stereocenters. The van der Waals surface area contributed by atoms with Crippen molar-refractivity contribution in [1.82, 2.24) is 19.9 Å². The molecule has 0 aliphatic rings. The van der Waals surface area contributed by atoms with Gasteiger partial charge < -0.3 is 19.8 Å². The van der Waals surface area contributed by atoms with Crippen molar-refractivity contribution in [1.29, 1.82) is 0 Å². The topological polar surface area (TPSA) is 85.0 Å². The zero-order chi connectivity index (χ0) is 25.8. The molecule has 0 radical (unpaired) electrons. The summed E-state index contributed by atoms with van der Waals surface area (Å²) in [5.74, 6) is 2.54. The molecule has 5 rings (SSSR count). The standard InChI is InChI=1S/C30H33N5O2/c1-5-19(2)11-12-36-24-8-6-7-21(14-24)18-37-29-27-25(17-33-28(27)34-30(31-4)35-29)22-9-10-26-23(15-22)13-20(3)16-32-26/h6-10,13-17,19H,5,11-12,18H2,1-4H3,(H2,31,33,34,35). The fraction of sp³-hybridized carbons (Fsp3) is 0.300. The predicted octanol–water partition coefficient (Wildman–Crippen LogP) is 6.92. The van der Waals surface area contributed by atoms with Gasteiger partial charge in [-0.1, -0.05) is 38.5 Å². The van der Waals surface area contributed by atoms with Crippen LogP contribution in [0.5, 0.6) is 11.6 Å². The summed E-state index contributed by atoms with van der Waals surface area (Å²) >= 11 is 0. The Balaban J connectivity index is 1.43. The lowest BCUT2D eigenvalue weighted by molar-refractivity contribution is 0.277. The van der Waals surface area contributed by atoms with Crippen LogP contribution in [0.15, 0.2) is 60.9 Å². The van der Waals surface area contributed by atoms with Crippen molar-refractivity contribution in [2.75, 3.05) is 19.0 Å². The zero-order valence-corrected chi connectivity index (χ0v) is 21.8. The van der Waals surface area contributed by atoms with Crippen LogP contribution in [0.2, 0.25) is 0 Å². The van der Waals surface area contributed by atoms with Gasteiger partial charge >= 0.3 is 0 Å². The van der Waals surface area contributed by atoms with Crippen LogP contribution in [0, 0.1) is 12.8 Å². The highest BCUT2D eigenvalue weighted by Gasteiger charge is 2.17. The number of benzene rings is 2. The molecule has 2 aromatic carbocycles. The molecule has 0 saturated heterocycles. The predicted molar refractivity (Wildman–Crippen MR) is 149 cm³/mol. The van der Waals surface area contributed by atoms with Gasteiger partial charge in [0.1, 0.15) is 18.0 Å². The van der Waals surface area contributed by atoms with Crippen molar-refractivity contribution >= 4 is 27.9 Å². The first kappa shape index (κ1) is 24.6. The summed E-state index contributed by atoms with van der Waals surface area (Å²) in [5, 5.41) is 4.97. The third-order valence-electron chi connectivity index (χ3n) is 6.70. The summed E-state index contributed by atoms with van der Waals surface area (Å²) in [6, 6.07) is 16.5. The average molecular weight is 496 g/mol. The van der Waals surface area contributed by atoms with Crippen molar-refractivity contribution in [3.63, 3.8) is 0 Å². The smallest absolute Gasteiger partial charge is 0.228 e. The third kappa shape index (κ3) is 5.50. The van der Waals surface area contributed by atoms with Gasteiger partial charge in [-0.3, -0.25) is 4.98 Å². The SMILES string of the molecule is CCC(C)CCOc1cccc(COc2nc(NC)nc3[nH]cc(-c4ccc5ncc(C)cc5c4)c23)c1. The van der Waals surface area contributed by atoms with Crippen LogP contribution in [-0.4, -0.2) is 33.6 Å². The number of aromatic amines is 1. The lowest BCUT2D eigenvalue weighted by Crippen LogP contribution is -2.04. The maximum Gasteiger partial charge on any atom is 0.228 e. The van der Waals surface area contributed by atoms with Crippen LogP contribution < -0.4 is 14.8 Å². The fourth-order valence-corrected chi connectivity index (χ4v) is 4.31. The lowest BCUT2D eigenvalue weighted by atomic mass is 10.0. The molecule has 0 saturated carbocycles. The second-order valence-electron chi connectivity index (χ2n) is 9.54. The summed E-state index contributed by atoms with van der Waals surface area (Å²) in [7, 11) is 1.80. The first-order valence-electron chi connectivity index (χ1n) is 12.8. The first-order valence-corrected chi connectivity index (χ1v) is 12.8. The Morgan fingerprint density at radius 1 is 1.05 bits per heavy atom. The minimum atomic E-state index is 0.364. The van der Waals surface area contributed by atoms with Gasteiger partial charge in [-0.15, -0.1) is 0 Å². The highest BCUT2D eigenvalue weighted by Crippen LogP contribution is 2.36. The summed E-state index contributed by atoms with van der Waals surface area (Å²) in [6.07, 6.45) is 6.06. The van der Waals surface area contributed by atoms with E-state index in [2.05, 4.69) is 64.2 Å². The zero-order valence-electron chi connectivity index (χ0n) is 21.8. The first-order chi connectivity index (χ1) is 18.0. The number of hydrogen-bond acceptors (Lipinski definition) is 6. The Kier molecular flexibility index (Phi) is 7.21. The van der Waals surface area contributed by atoms with E-state index in [1.54, 1.807) is 7.05 Å². The molecular weight excluding hydrogens is 462 g/mol. The number of nitrogens with zero attached hydrogens (tertiary/aromatic N) is 3. The van der Waals surface area contributed by atoms with Crippen molar-refractivity contribution in [3.05, 3.63) is 72.1 Å². The van der Waals surface area contributed by atoms with Crippen LogP contribution in [-0.2, 0) is 6.61 Å². The van der Waals surface area contributed by atoms with Gasteiger partial charge in [-0.05, 0) is 66.3 Å². The Hall–Kier alpha value is -4.13. The number of ether oxygens (including phenoxy) is 2. The van der Waals surface area contributed by atoms with Gasteiger partial charge in [0.15, 0.2) is 0 Å². The normalized spacial score (nSPS) is 12.1. The Bertz CT molecular complexity index is 1530. The van der Waals surface area contributed by atoms with Gasteiger partial charge in [-0.2, -0.15) is 9.97 Å². The lowest BCUT2D eigenvalue weighted by Gasteiger charge is -2.12. The number of pyridine rings is 1. The molecule has 0 aliphatic heterocycles. The Morgan fingerprint density at radius 2 is 1.95 bits per heavy atom. The molecule has 2 N–H and O–H groups in total. The van der Waals surface area contributed by atoms with Crippen molar-refractivity contribution < 1.29 is 9.47 Å². The summed E-state index contributed by atoms with van der Waals surface area (Å²) < 4.78 is 12.3. The minimum absolute atomic E-state index is 0.364. The molecule has 0 amide bonds. The van der Waals surface area contributed by atoms with Gasteiger partial charge in [0, 0.05) is 30.4 Å². The quantitative estimate of drug-likeness (QED) is 0.219. The van der Waals surface area contributed by atoms with Crippen molar-refractivity contribution in [2.45, 2.75) is 40.2 Å². The summed E-state index contributed by atoms with van der Waals surface area (Å²) in [5.41, 5.74) is 5.86. The molecule has 0 bridgehead atoms. The van der Waals surface area contributed by atoms with E-state index >= 15 is 0 Å². The summed E-state index contributed by atoms with van der Waals surface area (Å²) in [6.45, 7) is 7.59. The van der Waals surface area contributed by atoms with Crippen LogP contribution >= 0.6 is 0 Å².